The molecule has 0 aromatic rings. The minimum absolute atomic E-state index is 0.0337. The third-order valence-corrected chi connectivity index (χ3v) is 3.33. The van der Waals surface area contributed by atoms with E-state index < -0.39 is 35.5 Å². The molecule has 0 aromatic heterocycles. The highest BCUT2D eigenvalue weighted by atomic mass is 16.7. The van der Waals surface area contributed by atoms with E-state index in [9.17, 15) is 9.59 Å². The first-order valence-electron chi connectivity index (χ1n) is 6.06. The molecule has 0 radical (unpaired) electrons. The molecule has 1 heterocycles. The molecule has 1 fully saturated rings. The van der Waals surface area contributed by atoms with Gasteiger partial charge in [0.05, 0.1) is 23.5 Å². The molecule has 3 atom stereocenters. The van der Waals surface area contributed by atoms with Gasteiger partial charge >= 0.3 is 11.9 Å². The Hall–Kier alpha value is -2.08. The van der Waals surface area contributed by atoms with Gasteiger partial charge in [0.15, 0.2) is 5.92 Å². The van der Waals surface area contributed by atoms with Gasteiger partial charge in [-0.05, 0) is 20.3 Å². The summed E-state index contributed by atoms with van der Waals surface area (Å²) in [6.07, 6.45) is -0.471. The SMILES string of the molecule is CCC(C)(C)C(=O)OC1CC(C#N)C(C#N)C(=O)O1. The summed E-state index contributed by atoms with van der Waals surface area (Å²) in [5.41, 5.74) is -0.680. The van der Waals surface area contributed by atoms with Crippen LogP contribution in [-0.2, 0) is 19.1 Å². The Morgan fingerprint density at radius 2 is 2.11 bits per heavy atom. The van der Waals surface area contributed by atoms with Crippen molar-refractivity contribution < 1.29 is 19.1 Å². The van der Waals surface area contributed by atoms with Crippen LogP contribution < -0.4 is 0 Å². The predicted octanol–water partition coefficient (Wildman–Crippen LogP) is 1.52. The lowest BCUT2D eigenvalue weighted by atomic mass is 9.89. The molecule has 1 rings (SSSR count). The van der Waals surface area contributed by atoms with Crippen LogP contribution in [0.3, 0.4) is 0 Å². The zero-order chi connectivity index (χ0) is 14.6. The Kier molecular flexibility index (Phi) is 4.50. The molecule has 3 unspecified atom stereocenters. The number of carbonyl (C=O) groups is 2. The number of hydrogen-bond donors (Lipinski definition) is 0. The smallest absolute Gasteiger partial charge is 0.327 e. The first-order valence-corrected chi connectivity index (χ1v) is 6.06. The molecule has 0 saturated carbocycles. The summed E-state index contributed by atoms with van der Waals surface area (Å²) < 4.78 is 9.98. The van der Waals surface area contributed by atoms with E-state index in [4.69, 9.17) is 20.0 Å². The highest BCUT2D eigenvalue weighted by molar-refractivity contribution is 5.78. The maximum atomic E-state index is 11.9. The number of ether oxygens (including phenoxy) is 2. The zero-order valence-electron chi connectivity index (χ0n) is 11.2. The lowest BCUT2D eigenvalue weighted by molar-refractivity contribution is -0.206. The number of nitrogens with zero attached hydrogens (tertiary/aromatic N) is 2. The lowest BCUT2D eigenvalue weighted by Gasteiger charge is -2.30. The molecule has 102 valence electrons. The van der Waals surface area contributed by atoms with Gasteiger partial charge in [0.1, 0.15) is 0 Å². The highest BCUT2D eigenvalue weighted by Crippen LogP contribution is 2.29. The summed E-state index contributed by atoms with van der Waals surface area (Å²) in [5, 5.41) is 17.7. The van der Waals surface area contributed by atoms with E-state index in [2.05, 4.69) is 0 Å². The van der Waals surface area contributed by atoms with Gasteiger partial charge in [-0.1, -0.05) is 6.92 Å². The number of carbonyl (C=O) groups excluding carboxylic acids is 2. The number of nitriles is 2. The summed E-state index contributed by atoms with van der Waals surface area (Å²) in [4.78, 5) is 23.4. The van der Waals surface area contributed by atoms with Crippen molar-refractivity contribution in [3.05, 3.63) is 0 Å². The van der Waals surface area contributed by atoms with Gasteiger partial charge in [0.25, 0.3) is 0 Å². The van der Waals surface area contributed by atoms with Gasteiger partial charge in [0, 0.05) is 6.42 Å². The number of cyclic esters (lactones) is 1. The van der Waals surface area contributed by atoms with Gasteiger partial charge in [0.2, 0.25) is 6.29 Å². The first kappa shape index (κ1) is 15.0. The highest BCUT2D eigenvalue weighted by Gasteiger charge is 2.41. The summed E-state index contributed by atoms with van der Waals surface area (Å²) >= 11 is 0. The van der Waals surface area contributed by atoms with E-state index in [0.29, 0.717) is 6.42 Å². The second-order valence-corrected chi connectivity index (χ2v) is 5.09. The summed E-state index contributed by atoms with van der Waals surface area (Å²) in [5.74, 6) is -3.22. The second-order valence-electron chi connectivity index (χ2n) is 5.09. The molecule has 0 bridgehead atoms. The van der Waals surface area contributed by atoms with Gasteiger partial charge in [-0.3, -0.25) is 9.59 Å². The fourth-order valence-corrected chi connectivity index (χ4v) is 1.52. The van der Waals surface area contributed by atoms with Gasteiger partial charge < -0.3 is 9.47 Å². The topological polar surface area (TPSA) is 100 Å². The molecule has 0 N–H and O–H groups in total. The van der Waals surface area contributed by atoms with E-state index >= 15 is 0 Å². The maximum Gasteiger partial charge on any atom is 0.327 e. The molecule has 1 aliphatic rings. The molecule has 1 aliphatic heterocycles. The van der Waals surface area contributed by atoms with E-state index in [1.807, 2.05) is 13.0 Å². The van der Waals surface area contributed by atoms with Crippen molar-refractivity contribution in [2.75, 3.05) is 0 Å². The van der Waals surface area contributed by atoms with Crippen LogP contribution in [0.4, 0.5) is 0 Å². The van der Waals surface area contributed by atoms with Crippen LogP contribution in [0.1, 0.15) is 33.6 Å². The minimum Gasteiger partial charge on any atom is -0.425 e. The quantitative estimate of drug-likeness (QED) is 0.716. The van der Waals surface area contributed by atoms with Gasteiger partial charge in [-0.25, -0.2) is 0 Å². The average molecular weight is 264 g/mol. The van der Waals surface area contributed by atoms with Crippen LogP contribution in [0.2, 0.25) is 0 Å². The van der Waals surface area contributed by atoms with Crippen LogP contribution in [0.25, 0.3) is 0 Å². The second kappa shape index (κ2) is 5.71. The third kappa shape index (κ3) is 3.23. The fraction of sp³-hybridized carbons (Fsp3) is 0.692. The number of esters is 2. The van der Waals surface area contributed by atoms with Crippen molar-refractivity contribution in [3.63, 3.8) is 0 Å². The Balaban J connectivity index is 2.74. The average Bonchev–Trinajstić information content (AvgIpc) is 2.37. The van der Waals surface area contributed by atoms with Crippen LogP contribution in [-0.4, -0.2) is 18.2 Å². The summed E-state index contributed by atoms with van der Waals surface area (Å²) in [6, 6.07) is 3.61. The Labute approximate surface area is 111 Å². The van der Waals surface area contributed by atoms with E-state index in [1.165, 1.54) is 0 Å². The Morgan fingerprint density at radius 3 is 2.58 bits per heavy atom. The van der Waals surface area contributed by atoms with E-state index in [-0.39, 0.29) is 6.42 Å². The third-order valence-electron chi connectivity index (χ3n) is 3.33. The standard InChI is InChI=1S/C13H16N2O4/c1-4-13(2,3)12(17)19-10-5-8(6-14)9(7-15)11(16)18-10/h8-10H,4-5H2,1-3H3. The van der Waals surface area contributed by atoms with Crippen LogP contribution >= 0.6 is 0 Å². The van der Waals surface area contributed by atoms with Crippen LogP contribution in [0.5, 0.6) is 0 Å². The van der Waals surface area contributed by atoms with Crippen LogP contribution in [0.15, 0.2) is 0 Å². The lowest BCUT2D eigenvalue weighted by Crippen LogP contribution is -2.41. The van der Waals surface area contributed by atoms with E-state index in [0.717, 1.165) is 0 Å². The number of rotatable bonds is 3. The van der Waals surface area contributed by atoms with Crippen molar-refractivity contribution in [2.24, 2.45) is 17.3 Å². The minimum atomic E-state index is -1.11. The number of hydrogen-bond acceptors (Lipinski definition) is 6. The largest absolute Gasteiger partial charge is 0.425 e. The normalized spacial score (nSPS) is 26.8. The molecule has 0 amide bonds. The van der Waals surface area contributed by atoms with Crippen molar-refractivity contribution >= 4 is 11.9 Å². The van der Waals surface area contributed by atoms with Gasteiger partial charge in [-0.2, -0.15) is 10.5 Å². The fourth-order valence-electron chi connectivity index (χ4n) is 1.52. The molecule has 6 nitrogen and oxygen atoms in total. The van der Waals surface area contributed by atoms with Crippen molar-refractivity contribution in [1.82, 2.24) is 0 Å². The molecule has 0 aromatic carbocycles. The Bertz CT molecular complexity index is 458. The Morgan fingerprint density at radius 1 is 1.47 bits per heavy atom. The van der Waals surface area contributed by atoms with Gasteiger partial charge in [-0.15, -0.1) is 0 Å². The van der Waals surface area contributed by atoms with Crippen molar-refractivity contribution in [3.8, 4) is 12.1 Å². The molecular formula is C13H16N2O4. The molecule has 6 heteroatoms. The molecule has 19 heavy (non-hydrogen) atoms. The summed E-state index contributed by atoms with van der Waals surface area (Å²) in [6.45, 7) is 5.29. The maximum absolute atomic E-state index is 11.9. The zero-order valence-corrected chi connectivity index (χ0v) is 11.2. The molecular weight excluding hydrogens is 248 g/mol. The van der Waals surface area contributed by atoms with Crippen molar-refractivity contribution in [2.45, 2.75) is 39.9 Å². The molecule has 0 aliphatic carbocycles. The first-order chi connectivity index (χ1) is 8.85. The summed E-state index contributed by atoms with van der Waals surface area (Å²) in [7, 11) is 0. The van der Waals surface area contributed by atoms with Crippen LogP contribution in [0, 0.1) is 39.9 Å². The van der Waals surface area contributed by atoms with E-state index in [1.54, 1.807) is 19.9 Å². The molecule has 0 spiro atoms. The van der Waals surface area contributed by atoms with Crippen molar-refractivity contribution in [1.29, 1.82) is 10.5 Å². The molecule has 1 saturated heterocycles. The monoisotopic (exact) mass is 264 g/mol. The predicted molar refractivity (Wildman–Crippen MR) is 62.9 cm³/mol.